The number of thiophene rings is 1. The molecule has 0 spiro atoms. The zero-order chi connectivity index (χ0) is 16.6. The number of nitrogens with two attached hydrogens (primary N) is 1. The quantitative estimate of drug-likeness (QED) is 0.289. The first-order valence-electron chi connectivity index (χ1n) is 6.78. The Kier molecular flexibility index (Phi) is 6.43. The number of aryl methyl sites for hydroxylation is 1. The van der Waals surface area contributed by atoms with Gasteiger partial charge < -0.3 is 5.73 Å². The molecule has 0 aromatic carbocycles. The first kappa shape index (κ1) is 19.4. The van der Waals surface area contributed by atoms with E-state index in [0.717, 1.165) is 43.1 Å². The second-order valence-corrected chi connectivity index (χ2v) is 8.95. The van der Waals surface area contributed by atoms with Gasteiger partial charge in [-0.25, -0.2) is 5.48 Å². The summed E-state index contributed by atoms with van der Waals surface area (Å²) >= 11 is 8.79. The highest BCUT2D eigenvalue weighted by molar-refractivity contribution is 9.12. The Bertz CT molecular complexity index is 802. The monoisotopic (exact) mass is 496 g/mol. The van der Waals surface area contributed by atoms with Crippen molar-refractivity contribution in [2.75, 3.05) is 0 Å². The standard InChI is InChI=1S/C13H14Br2N6OS.ClH/c1-5-11-8(18-17-5)2-6(7-4-10(14)23-12(7)15)3-9(11)19-20-13(16)21-22;/h4,6,22H,2-3H2,1H3,(H,17,18)(H3,16,20,21);1H/b19-9-;. The van der Waals surface area contributed by atoms with Crippen molar-refractivity contribution in [1.29, 1.82) is 0 Å². The number of hydroxylamine groups is 1. The van der Waals surface area contributed by atoms with Gasteiger partial charge in [-0.05, 0) is 69.2 Å². The van der Waals surface area contributed by atoms with E-state index in [9.17, 15) is 0 Å². The molecule has 11 heteroatoms. The summed E-state index contributed by atoms with van der Waals surface area (Å²) < 4.78 is 2.18. The van der Waals surface area contributed by atoms with Gasteiger partial charge >= 0.3 is 0 Å². The van der Waals surface area contributed by atoms with Crippen LogP contribution in [0.15, 0.2) is 23.8 Å². The summed E-state index contributed by atoms with van der Waals surface area (Å²) in [5, 5.41) is 24.2. The molecule has 0 saturated heterocycles. The number of hydrogen-bond donors (Lipinski definition) is 4. The molecule has 0 amide bonds. The fraction of sp³-hybridized carbons (Fsp3) is 0.308. The average molecular weight is 499 g/mol. The molecule has 0 radical (unpaired) electrons. The number of halogens is 3. The number of nitrogens with zero attached hydrogens (tertiary/aromatic N) is 3. The Morgan fingerprint density at radius 2 is 2.25 bits per heavy atom. The maximum Gasteiger partial charge on any atom is 0.237 e. The van der Waals surface area contributed by atoms with Gasteiger partial charge in [-0.2, -0.15) is 10.2 Å². The molecule has 130 valence electrons. The van der Waals surface area contributed by atoms with Gasteiger partial charge in [0.25, 0.3) is 0 Å². The minimum Gasteiger partial charge on any atom is -0.367 e. The van der Waals surface area contributed by atoms with Gasteiger partial charge in [0, 0.05) is 11.3 Å². The van der Waals surface area contributed by atoms with Gasteiger partial charge in [0.2, 0.25) is 5.96 Å². The Morgan fingerprint density at radius 3 is 2.88 bits per heavy atom. The molecule has 3 rings (SSSR count). The lowest BCUT2D eigenvalue weighted by Crippen LogP contribution is -2.28. The Morgan fingerprint density at radius 1 is 1.50 bits per heavy atom. The predicted octanol–water partition coefficient (Wildman–Crippen LogP) is 3.45. The predicted molar refractivity (Wildman–Crippen MR) is 104 cm³/mol. The van der Waals surface area contributed by atoms with Crippen molar-refractivity contribution < 1.29 is 5.21 Å². The van der Waals surface area contributed by atoms with Crippen LogP contribution in [0.4, 0.5) is 0 Å². The first-order valence-corrected chi connectivity index (χ1v) is 9.19. The van der Waals surface area contributed by atoms with E-state index in [1.54, 1.807) is 16.8 Å². The van der Waals surface area contributed by atoms with Crippen molar-refractivity contribution >= 4 is 67.3 Å². The zero-order valence-corrected chi connectivity index (χ0v) is 17.3. The molecular formula is C13H15Br2ClN6OS. The maximum absolute atomic E-state index is 8.74. The van der Waals surface area contributed by atoms with E-state index >= 15 is 0 Å². The fourth-order valence-corrected chi connectivity index (χ4v) is 5.78. The topological polar surface area (TPSA) is 112 Å². The van der Waals surface area contributed by atoms with E-state index in [1.807, 2.05) is 6.92 Å². The molecule has 0 aliphatic heterocycles. The molecule has 0 bridgehead atoms. The molecule has 1 atom stereocenters. The normalized spacial score (nSPS) is 19.1. The highest BCUT2D eigenvalue weighted by Crippen LogP contribution is 2.41. The number of guanidine groups is 1. The third-order valence-electron chi connectivity index (χ3n) is 3.71. The number of aromatic amines is 1. The lowest BCUT2D eigenvalue weighted by Gasteiger charge is -2.22. The van der Waals surface area contributed by atoms with Crippen molar-refractivity contribution in [3.8, 4) is 0 Å². The number of nitrogens with one attached hydrogen (secondary N) is 2. The van der Waals surface area contributed by atoms with Gasteiger partial charge in [-0.3, -0.25) is 10.3 Å². The molecule has 7 nitrogen and oxygen atoms in total. The van der Waals surface area contributed by atoms with Crippen LogP contribution >= 0.6 is 55.6 Å². The van der Waals surface area contributed by atoms with E-state index in [1.165, 1.54) is 5.56 Å². The van der Waals surface area contributed by atoms with Gasteiger partial charge in [0.15, 0.2) is 0 Å². The molecule has 2 aromatic rings. The van der Waals surface area contributed by atoms with Crippen molar-refractivity contribution in [2.24, 2.45) is 15.9 Å². The summed E-state index contributed by atoms with van der Waals surface area (Å²) in [5.41, 5.74) is 12.2. The molecule has 1 aliphatic rings. The molecule has 24 heavy (non-hydrogen) atoms. The van der Waals surface area contributed by atoms with Gasteiger partial charge in [0.05, 0.1) is 19.0 Å². The minimum atomic E-state index is -0.151. The Balaban J connectivity index is 0.00000208. The van der Waals surface area contributed by atoms with Crippen molar-refractivity contribution in [2.45, 2.75) is 25.7 Å². The van der Waals surface area contributed by atoms with E-state index in [0.29, 0.717) is 0 Å². The van der Waals surface area contributed by atoms with Gasteiger partial charge in [-0.1, -0.05) is 0 Å². The summed E-state index contributed by atoms with van der Waals surface area (Å²) in [6, 6.07) is 2.12. The highest BCUT2D eigenvalue weighted by atomic mass is 79.9. The Labute approximate surface area is 165 Å². The summed E-state index contributed by atoms with van der Waals surface area (Å²) in [6.45, 7) is 1.95. The highest BCUT2D eigenvalue weighted by Gasteiger charge is 2.30. The number of hydrogen-bond acceptors (Lipinski definition) is 5. The van der Waals surface area contributed by atoms with E-state index in [4.69, 9.17) is 10.9 Å². The summed E-state index contributed by atoms with van der Waals surface area (Å²) in [5.74, 6) is 0.0983. The molecule has 1 aliphatic carbocycles. The van der Waals surface area contributed by atoms with E-state index in [-0.39, 0.29) is 24.3 Å². The van der Waals surface area contributed by atoms with Crippen molar-refractivity contribution in [3.63, 3.8) is 0 Å². The minimum absolute atomic E-state index is 0. The smallest absolute Gasteiger partial charge is 0.237 e. The fourth-order valence-electron chi connectivity index (χ4n) is 2.73. The third-order valence-corrected chi connectivity index (χ3v) is 6.09. The van der Waals surface area contributed by atoms with Crippen molar-refractivity contribution in [3.05, 3.63) is 36.2 Å². The second-order valence-electron chi connectivity index (χ2n) is 5.20. The van der Waals surface area contributed by atoms with Crippen LogP contribution in [-0.2, 0) is 6.42 Å². The van der Waals surface area contributed by atoms with E-state index < -0.39 is 0 Å². The molecule has 1 unspecified atom stereocenters. The third kappa shape index (κ3) is 3.83. The number of fused-ring (bicyclic) bond motifs is 1. The maximum atomic E-state index is 8.74. The van der Waals surface area contributed by atoms with Crippen LogP contribution in [-0.4, -0.2) is 27.1 Å². The number of rotatable bonds is 2. The van der Waals surface area contributed by atoms with Crippen LogP contribution in [0.25, 0.3) is 0 Å². The lowest BCUT2D eigenvalue weighted by atomic mass is 9.82. The van der Waals surface area contributed by atoms with Crippen LogP contribution < -0.4 is 11.2 Å². The van der Waals surface area contributed by atoms with Gasteiger partial charge in [0.1, 0.15) is 0 Å². The molecule has 2 aromatic heterocycles. The van der Waals surface area contributed by atoms with Crippen LogP contribution in [0.3, 0.4) is 0 Å². The number of aromatic nitrogens is 2. The molecule has 5 N–H and O–H groups in total. The average Bonchev–Trinajstić information content (AvgIpc) is 3.06. The van der Waals surface area contributed by atoms with E-state index in [2.05, 4.69) is 58.3 Å². The molecule has 2 heterocycles. The molecule has 0 saturated carbocycles. The van der Waals surface area contributed by atoms with Crippen LogP contribution in [0, 0.1) is 6.92 Å². The van der Waals surface area contributed by atoms with Crippen molar-refractivity contribution in [1.82, 2.24) is 15.7 Å². The van der Waals surface area contributed by atoms with Crippen LogP contribution in [0.1, 0.15) is 34.9 Å². The summed E-state index contributed by atoms with van der Waals surface area (Å²) in [6.07, 6.45) is 1.55. The molecule has 0 fully saturated rings. The Hall–Kier alpha value is -0.940. The summed E-state index contributed by atoms with van der Waals surface area (Å²) in [7, 11) is 0. The lowest BCUT2D eigenvalue weighted by molar-refractivity contribution is 0.232. The first-order chi connectivity index (χ1) is 11.0. The summed E-state index contributed by atoms with van der Waals surface area (Å²) in [4.78, 5) is 0. The second kappa shape index (κ2) is 7.96. The SMILES string of the molecule is Cc1[nH]nc2c1/C(=N\N=C(N)NO)CC(c1cc(Br)sc1Br)C2.Cl. The zero-order valence-electron chi connectivity index (χ0n) is 12.5. The number of H-pyrrole nitrogens is 1. The van der Waals surface area contributed by atoms with Crippen LogP contribution in [0.2, 0.25) is 0 Å². The van der Waals surface area contributed by atoms with Crippen LogP contribution in [0.5, 0.6) is 0 Å². The van der Waals surface area contributed by atoms with Gasteiger partial charge in [-0.15, -0.1) is 28.8 Å². The molecular weight excluding hydrogens is 484 g/mol. The largest absolute Gasteiger partial charge is 0.367 e.